The number of fused-ring (bicyclic) bond motifs is 3. The number of hydrogen-bond acceptors (Lipinski definition) is 3. The second-order valence-electron chi connectivity index (χ2n) is 8.12. The Morgan fingerprint density at radius 2 is 1.85 bits per heavy atom. The maximum atomic E-state index is 4.56. The highest BCUT2D eigenvalue weighted by Gasteiger charge is 2.39. The minimum atomic E-state index is 0.358. The molecule has 0 spiro atoms. The van der Waals surface area contributed by atoms with E-state index < -0.39 is 0 Å². The summed E-state index contributed by atoms with van der Waals surface area (Å²) in [6.45, 7) is 7.37. The molecule has 0 saturated heterocycles. The largest absolute Gasteiger partial charge is 0.341 e. The molecule has 0 amide bonds. The molecule has 4 heteroatoms. The number of aromatic nitrogens is 2. The summed E-state index contributed by atoms with van der Waals surface area (Å²) in [5.74, 6) is 0. The molecule has 2 unspecified atom stereocenters. The predicted octanol–water partition coefficient (Wildman–Crippen LogP) is 3.83. The lowest BCUT2D eigenvalue weighted by Crippen LogP contribution is -2.45. The Morgan fingerprint density at radius 3 is 2.62 bits per heavy atom. The molecular weight excluding hydrogens is 320 g/mol. The van der Waals surface area contributed by atoms with Crippen molar-refractivity contribution in [3.63, 3.8) is 0 Å². The van der Waals surface area contributed by atoms with Gasteiger partial charge in [0.1, 0.15) is 0 Å². The Hall–Kier alpha value is -2.17. The summed E-state index contributed by atoms with van der Waals surface area (Å²) < 4.78 is 2.59. The number of nitrogens with zero attached hydrogens (tertiary/aromatic N) is 4. The van der Waals surface area contributed by atoms with Crippen molar-refractivity contribution in [1.82, 2.24) is 19.4 Å². The fourth-order valence-corrected chi connectivity index (χ4v) is 4.88. The Balaban J connectivity index is 1.71. The van der Waals surface area contributed by atoms with Crippen molar-refractivity contribution in [3.8, 4) is 0 Å². The summed E-state index contributed by atoms with van der Waals surface area (Å²) in [4.78, 5) is 9.58. The Morgan fingerprint density at radius 1 is 1.00 bits per heavy atom. The Bertz CT molecular complexity index is 986. The molecule has 5 rings (SSSR count). The quantitative estimate of drug-likeness (QED) is 0.669. The first-order valence-electron chi connectivity index (χ1n) is 9.47. The van der Waals surface area contributed by atoms with Crippen LogP contribution < -0.4 is 0 Å². The van der Waals surface area contributed by atoms with Gasteiger partial charge >= 0.3 is 0 Å². The van der Waals surface area contributed by atoms with Crippen LogP contribution in [0.5, 0.6) is 0 Å². The molecule has 0 bridgehead atoms. The lowest BCUT2D eigenvalue weighted by molar-refractivity contribution is 0.0803. The van der Waals surface area contributed by atoms with Crippen LogP contribution in [0.4, 0.5) is 0 Å². The number of rotatable bonds is 1. The van der Waals surface area contributed by atoms with E-state index in [-0.39, 0.29) is 0 Å². The van der Waals surface area contributed by atoms with Crippen molar-refractivity contribution in [2.24, 2.45) is 0 Å². The van der Waals surface area contributed by atoms with E-state index in [0.717, 1.165) is 25.3 Å². The normalized spacial score (nSPS) is 23.4. The van der Waals surface area contributed by atoms with Gasteiger partial charge in [-0.25, -0.2) is 0 Å². The molecule has 0 fully saturated rings. The van der Waals surface area contributed by atoms with E-state index in [9.17, 15) is 0 Å². The van der Waals surface area contributed by atoms with Gasteiger partial charge in [0.2, 0.25) is 0 Å². The maximum absolute atomic E-state index is 4.56. The molecular formula is C22H26N4. The lowest BCUT2D eigenvalue weighted by Gasteiger charge is -2.45. The minimum absolute atomic E-state index is 0.358. The second-order valence-corrected chi connectivity index (χ2v) is 8.12. The van der Waals surface area contributed by atoms with Gasteiger partial charge in [-0.3, -0.25) is 9.88 Å². The van der Waals surface area contributed by atoms with Gasteiger partial charge in [0.05, 0.1) is 12.1 Å². The summed E-state index contributed by atoms with van der Waals surface area (Å²) in [6, 6.07) is 12.1. The third-order valence-electron chi connectivity index (χ3n) is 6.25. The fraction of sp³-hybridized carbons (Fsp3) is 0.409. The van der Waals surface area contributed by atoms with E-state index in [2.05, 4.69) is 83.8 Å². The molecule has 0 radical (unpaired) electrons. The van der Waals surface area contributed by atoms with Crippen LogP contribution in [0.2, 0.25) is 0 Å². The molecule has 134 valence electrons. The average molecular weight is 346 g/mol. The fourth-order valence-electron chi connectivity index (χ4n) is 4.88. The van der Waals surface area contributed by atoms with Gasteiger partial charge in [-0.2, -0.15) is 0 Å². The van der Waals surface area contributed by atoms with Gasteiger partial charge in [-0.15, -0.1) is 0 Å². The van der Waals surface area contributed by atoms with E-state index >= 15 is 0 Å². The third kappa shape index (κ3) is 2.25. The van der Waals surface area contributed by atoms with Crippen LogP contribution in [0, 0.1) is 13.8 Å². The summed E-state index contributed by atoms with van der Waals surface area (Å²) in [6.07, 6.45) is 2.06. The van der Waals surface area contributed by atoms with Crippen molar-refractivity contribution < 1.29 is 0 Å². The summed E-state index contributed by atoms with van der Waals surface area (Å²) in [7, 11) is 4.53. The lowest BCUT2D eigenvalue weighted by atomic mass is 9.94. The zero-order chi connectivity index (χ0) is 18.0. The summed E-state index contributed by atoms with van der Waals surface area (Å²) >= 11 is 0. The van der Waals surface area contributed by atoms with Crippen LogP contribution in [-0.2, 0) is 13.1 Å². The first-order valence-corrected chi connectivity index (χ1v) is 9.47. The van der Waals surface area contributed by atoms with Crippen molar-refractivity contribution in [3.05, 3.63) is 64.6 Å². The highest BCUT2D eigenvalue weighted by molar-refractivity contribution is 5.87. The van der Waals surface area contributed by atoms with Crippen molar-refractivity contribution in [2.75, 3.05) is 20.6 Å². The zero-order valence-corrected chi connectivity index (χ0v) is 16.0. The molecule has 1 aromatic carbocycles. The zero-order valence-electron chi connectivity index (χ0n) is 16.0. The molecule has 0 N–H and O–H groups in total. The van der Waals surface area contributed by atoms with Crippen LogP contribution in [0.15, 0.2) is 36.5 Å². The average Bonchev–Trinajstić information content (AvgIpc) is 2.92. The van der Waals surface area contributed by atoms with Crippen LogP contribution in [0.25, 0.3) is 10.9 Å². The Labute approximate surface area is 155 Å². The van der Waals surface area contributed by atoms with Gasteiger partial charge in [0.15, 0.2) is 0 Å². The number of likely N-dealkylation sites (N-methyl/N-ethyl adjacent to an activating group) is 2. The van der Waals surface area contributed by atoms with Gasteiger partial charge in [0, 0.05) is 48.1 Å². The molecule has 2 atom stereocenters. The van der Waals surface area contributed by atoms with E-state index in [1.807, 2.05) is 0 Å². The standard InChI is InChI=1S/C22H26N4/c1-14-5-8-19-17(9-14)18-11-24(3)12-21-22(18)26(19)13-20(25(21)4)16-7-6-15(2)23-10-16/h5-10,20-21H,11-13H2,1-4H3. The second kappa shape index (κ2) is 5.66. The van der Waals surface area contributed by atoms with Gasteiger partial charge in [-0.1, -0.05) is 17.7 Å². The third-order valence-corrected chi connectivity index (χ3v) is 6.25. The first-order chi connectivity index (χ1) is 12.5. The number of hydrogen-bond donors (Lipinski definition) is 0. The van der Waals surface area contributed by atoms with E-state index in [4.69, 9.17) is 0 Å². The van der Waals surface area contributed by atoms with Crippen LogP contribution >= 0.6 is 0 Å². The molecule has 2 aromatic heterocycles. The first kappa shape index (κ1) is 16.0. The van der Waals surface area contributed by atoms with Crippen LogP contribution in [0.1, 0.15) is 40.2 Å². The minimum Gasteiger partial charge on any atom is -0.341 e. The summed E-state index contributed by atoms with van der Waals surface area (Å²) in [5, 5.41) is 1.44. The van der Waals surface area contributed by atoms with Gasteiger partial charge in [0.25, 0.3) is 0 Å². The number of aryl methyl sites for hydroxylation is 2. The Kier molecular flexibility index (Phi) is 3.49. The molecule has 4 heterocycles. The van der Waals surface area contributed by atoms with Crippen LogP contribution in [-0.4, -0.2) is 40.0 Å². The van der Waals surface area contributed by atoms with Gasteiger partial charge in [-0.05, 0) is 57.3 Å². The summed E-state index contributed by atoms with van der Waals surface area (Å²) in [5.41, 5.74) is 8.17. The molecule has 2 aliphatic heterocycles. The molecule has 0 aliphatic carbocycles. The number of benzene rings is 1. The highest BCUT2D eigenvalue weighted by atomic mass is 15.3. The predicted molar refractivity (Wildman–Crippen MR) is 105 cm³/mol. The van der Waals surface area contributed by atoms with E-state index in [1.54, 1.807) is 0 Å². The smallest absolute Gasteiger partial charge is 0.0635 e. The molecule has 26 heavy (non-hydrogen) atoms. The van der Waals surface area contributed by atoms with Crippen LogP contribution in [0.3, 0.4) is 0 Å². The SMILES string of the molecule is Cc1ccc2c(c1)c1c3n2CC(c2ccc(C)nc2)N(C)C3CN(C)C1. The number of pyridine rings is 1. The molecule has 0 saturated carbocycles. The van der Waals surface area contributed by atoms with E-state index in [0.29, 0.717) is 12.1 Å². The maximum Gasteiger partial charge on any atom is 0.0635 e. The van der Waals surface area contributed by atoms with E-state index in [1.165, 1.54) is 33.3 Å². The topological polar surface area (TPSA) is 24.3 Å². The van der Waals surface area contributed by atoms with Crippen molar-refractivity contribution in [2.45, 2.75) is 39.0 Å². The highest BCUT2D eigenvalue weighted by Crippen LogP contribution is 2.44. The molecule has 2 aliphatic rings. The molecule has 3 aromatic rings. The van der Waals surface area contributed by atoms with Crippen molar-refractivity contribution >= 4 is 10.9 Å². The van der Waals surface area contributed by atoms with Crippen molar-refractivity contribution in [1.29, 1.82) is 0 Å². The van der Waals surface area contributed by atoms with Gasteiger partial charge < -0.3 is 9.47 Å². The molecule has 4 nitrogen and oxygen atoms in total. The monoisotopic (exact) mass is 346 g/mol.